The Labute approximate surface area is 321 Å². The molecule has 300 valence electrons. The molecular formula is C39H51NO14Si. The van der Waals surface area contributed by atoms with E-state index in [-0.39, 0.29) is 22.6 Å². The molecule has 0 aromatic heterocycles. The maximum Gasteiger partial charge on any atom is 0.336 e. The molecular weight excluding hydrogens is 735 g/mol. The minimum atomic E-state index is -3.10. The van der Waals surface area contributed by atoms with Crippen molar-refractivity contribution in [3.05, 3.63) is 65.2 Å². The molecule has 16 heteroatoms. The number of amides is 2. The molecule has 6 atom stereocenters. The van der Waals surface area contributed by atoms with Crippen LogP contribution in [0, 0.1) is 0 Å². The van der Waals surface area contributed by atoms with E-state index < -0.39 is 92.6 Å². The molecule has 15 nitrogen and oxygen atoms in total. The van der Waals surface area contributed by atoms with Crippen LogP contribution in [0.3, 0.4) is 0 Å². The molecule has 2 aliphatic rings. The number of imide groups is 1. The number of nitrogens with zero attached hydrogens (tertiary/aromatic N) is 1. The molecule has 1 unspecified atom stereocenters. The molecule has 2 amide bonds. The average Bonchev–Trinajstić information content (AvgIpc) is 3.31. The van der Waals surface area contributed by atoms with E-state index in [0.29, 0.717) is 16.2 Å². The Morgan fingerprint density at radius 2 is 1.40 bits per heavy atom. The van der Waals surface area contributed by atoms with Crippen LogP contribution in [0.5, 0.6) is 5.75 Å². The van der Waals surface area contributed by atoms with Gasteiger partial charge in [-0.25, -0.2) is 9.69 Å². The van der Waals surface area contributed by atoms with Crippen molar-refractivity contribution in [2.75, 3.05) is 6.61 Å². The monoisotopic (exact) mass is 785 g/mol. The summed E-state index contributed by atoms with van der Waals surface area (Å²) in [5.41, 5.74) is -3.77. The van der Waals surface area contributed by atoms with Gasteiger partial charge in [0.2, 0.25) is 20.3 Å². The number of rotatable bonds is 12. The fourth-order valence-corrected chi connectivity index (χ4v) is 6.87. The predicted octanol–water partition coefficient (Wildman–Crippen LogP) is 4.48. The molecule has 4 rings (SSSR count). The van der Waals surface area contributed by atoms with Crippen molar-refractivity contribution in [2.45, 2.75) is 129 Å². The summed E-state index contributed by atoms with van der Waals surface area (Å²) in [6.07, 6.45) is -9.39. The number of hydrogen-bond donors (Lipinski definition) is 1. The summed E-state index contributed by atoms with van der Waals surface area (Å²) in [7, 11) is -2.19. The number of esters is 4. The molecule has 2 aliphatic heterocycles. The predicted molar refractivity (Wildman–Crippen MR) is 197 cm³/mol. The first-order valence-corrected chi connectivity index (χ1v) is 20.8. The highest BCUT2D eigenvalue weighted by molar-refractivity contribution is 6.74. The first-order chi connectivity index (χ1) is 25.4. The fourth-order valence-electron chi connectivity index (χ4n) is 5.84. The van der Waals surface area contributed by atoms with E-state index in [1.807, 2.05) is 0 Å². The Hall–Kier alpha value is -4.64. The number of fused-ring (bicyclic) bond motifs is 1. The lowest BCUT2D eigenvalue weighted by atomic mass is 9.90. The zero-order valence-electron chi connectivity index (χ0n) is 33.1. The molecule has 0 bridgehead atoms. The topological polar surface area (TPSA) is 190 Å². The van der Waals surface area contributed by atoms with E-state index in [1.165, 1.54) is 24.3 Å². The summed E-state index contributed by atoms with van der Waals surface area (Å²) in [6.45, 7) is 18.0. The van der Waals surface area contributed by atoms with Crippen molar-refractivity contribution >= 4 is 44.0 Å². The van der Waals surface area contributed by atoms with Gasteiger partial charge in [0, 0.05) is 27.2 Å². The minimum absolute atomic E-state index is 0.0661. The van der Waals surface area contributed by atoms with Crippen molar-refractivity contribution in [3.8, 4) is 5.75 Å². The molecule has 0 radical (unpaired) electrons. The minimum Gasteiger partial charge on any atom is -0.544 e. The van der Waals surface area contributed by atoms with Crippen LogP contribution in [-0.4, -0.2) is 103 Å². The van der Waals surface area contributed by atoms with E-state index in [0.717, 1.165) is 20.8 Å². The maximum absolute atomic E-state index is 14.0. The standard InChI is InChI=1S/C39H51NO14Si/c1-22(41)48-21-30-31(49-23(2)42)32(50-24(3)43)39(47,40-33(44)27-14-12-13-15-28(27)34(40)45)36(52-30)51-29(35(46)53-37(4,5)6)20-25-16-18-26(19-17-25)54-55(10,11)38(7,8)9/h12-19,29-32,36,47H,20-21H2,1-11H3/t29?,30-,31+,32+,36-,39-/m1/s1. The van der Waals surface area contributed by atoms with Gasteiger partial charge < -0.3 is 38.0 Å². The second-order valence-electron chi connectivity index (χ2n) is 16.1. The Morgan fingerprint density at radius 1 is 0.855 bits per heavy atom. The largest absolute Gasteiger partial charge is 0.544 e. The van der Waals surface area contributed by atoms with Gasteiger partial charge in [-0.3, -0.25) is 24.0 Å². The zero-order chi connectivity index (χ0) is 41.3. The number of aliphatic hydroxyl groups is 1. The molecule has 1 saturated heterocycles. The number of benzene rings is 2. The van der Waals surface area contributed by atoms with Gasteiger partial charge >= 0.3 is 23.9 Å². The van der Waals surface area contributed by atoms with Gasteiger partial charge in [-0.15, -0.1) is 0 Å². The van der Waals surface area contributed by atoms with Gasteiger partial charge in [-0.1, -0.05) is 45.0 Å². The smallest absolute Gasteiger partial charge is 0.336 e. The van der Waals surface area contributed by atoms with Crippen molar-refractivity contribution in [1.82, 2.24) is 4.90 Å². The van der Waals surface area contributed by atoms with Crippen LogP contribution in [0.25, 0.3) is 0 Å². The van der Waals surface area contributed by atoms with Crippen molar-refractivity contribution < 1.29 is 66.7 Å². The Kier molecular flexibility index (Phi) is 12.7. The van der Waals surface area contributed by atoms with Gasteiger partial charge in [0.15, 0.2) is 18.3 Å². The highest BCUT2D eigenvalue weighted by Crippen LogP contribution is 2.42. The molecule has 2 aromatic rings. The Morgan fingerprint density at radius 3 is 1.87 bits per heavy atom. The molecule has 1 N–H and O–H groups in total. The number of hydrogen-bond acceptors (Lipinski definition) is 14. The summed E-state index contributed by atoms with van der Waals surface area (Å²) in [5.74, 6) is -5.06. The van der Waals surface area contributed by atoms with Gasteiger partial charge in [0.05, 0.1) is 11.1 Å². The highest BCUT2D eigenvalue weighted by atomic mass is 28.4. The molecule has 0 spiro atoms. The van der Waals surface area contributed by atoms with Gasteiger partial charge in [-0.2, -0.15) is 0 Å². The van der Waals surface area contributed by atoms with Gasteiger partial charge in [-0.05, 0) is 68.7 Å². The number of carbonyl (C=O) groups is 6. The van der Waals surface area contributed by atoms with Crippen LogP contribution < -0.4 is 4.43 Å². The van der Waals surface area contributed by atoms with Crippen molar-refractivity contribution in [3.63, 3.8) is 0 Å². The van der Waals surface area contributed by atoms with E-state index in [9.17, 15) is 33.9 Å². The maximum atomic E-state index is 14.0. The van der Waals surface area contributed by atoms with Crippen LogP contribution in [0.15, 0.2) is 48.5 Å². The molecule has 0 aliphatic carbocycles. The third-order valence-corrected chi connectivity index (χ3v) is 13.8. The van der Waals surface area contributed by atoms with Crippen molar-refractivity contribution in [2.24, 2.45) is 0 Å². The second-order valence-corrected chi connectivity index (χ2v) is 20.8. The van der Waals surface area contributed by atoms with E-state index in [4.69, 9.17) is 32.8 Å². The third kappa shape index (κ3) is 9.79. The van der Waals surface area contributed by atoms with E-state index >= 15 is 0 Å². The molecule has 2 heterocycles. The third-order valence-electron chi connectivity index (χ3n) is 9.41. The lowest BCUT2D eigenvalue weighted by Crippen LogP contribution is -2.76. The van der Waals surface area contributed by atoms with Crippen LogP contribution in [-0.2, 0) is 54.0 Å². The van der Waals surface area contributed by atoms with Crippen LogP contribution in [0.1, 0.15) is 88.6 Å². The first-order valence-electron chi connectivity index (χ1n) is 17.9. The number of ether oxygens (including phenoxy) is 6. The fraction of sp³-hybridized carbons (Fsp3) is 0.538. The molecule has 2 aromatic carbocycles. The zero-order valence-corrected chi connectivity index (χ0v) is 34.1. The second kappa shape index (κ2) is 16.2. The Bertz CT molecular complexity index is 1760. The summed E-state index contributed by atoms with van der Waals surface area (Å²) in [6, 6.07) is 12.7. The van der Waals surface area contributed by atoms with Gasteiger partial charge in [0.1, 0.15) is 24.1 Å². The summed E-state index contributed by atoms with van der Waals surface area (Å²) in [5, 5.41) is 12.8. The lowest BCUT2D eigenvalue weighted by Gasteiger charge is -2.52. The first kappa shape index (κ1) is 43.1. The summed E-state index contributed by atoms with van der Waals surface area (Å²) < 4.78 is 40.8. The van der Waals surface area contributed by atoms with E-state index in [2.05, 4.69) is 33.9 Å². The summed E-state index contributed by atoms with van der Waals surface area (Å²) in [4.78, 5) is 79.4. The van der Waals surface area contributed by atoms with E-state index in [1.54, 1.807) is 45.0 Å². The molecule has 0 saturated carbocycles. The lowest BCUT2D eigenvalue weighted by molar-refractivity contribution is -0.372. The van der Waals surface area contributed by atoms with Crippen LogP contribution >= 0.6 is 0 Å². The van der Waals surface area contributed by atoms with Crippen molar-refractivity contribution in [1.29, 1.82) is 0 Å². The van der Waals surface area contributed by atoms with Crippen LogP contribution in [0.2, 0.25) is 18.1 Å². The SMILES string of the molecule is CC(=O)OC[C@H]1O[C@@H](OC(Cc2ccc(O[Si](C)(C)C(C)(C)C)cc2)C(=O)OC(C)(C)C)[C@@](O)(N2C(=O)c3ccccc3C2=O)[C@@H](OC(C)=O)[C@H]1OC(C)=O. The highest BCUT2D eigenvalue weighted by Gasteiger charge is 2.67. The normalized spacial score (nSPS) is 23.4. The van der Waals surface area contributed by atoms with Crippen LogP contribution in [0.4, 0.5) is 0 Å². The quantitative estimate of drug-likeness (QED) is 0.137. The van der Waals surface area contributed by atoms with Gasteiger partial charge in [0.25, 0.3) is 11.8 Å². The average molecular weight is 786 g/mol. The molecule has 1 fully saturated rings. The molecule has 55 heavy (non-hydrogen) atoms. The Balaban J connectivity index is 1.86. The summed E-state index contributed by atoms with van der Waals surface area (Å²) >= 11 is 0. The number of carbonyl (C=O) groups excluding carboxylic acids is 6.